The maximum atomic E-state index is 4.48. The summed E-state index contributed by atoms with van der Waals surface area (Å²) in [6.45, 7) is 2.25. The smallest absolute Gasteiger partial charge is 0.192 e. The third kappa shape index (κ3) is 2.37. The quantitative estimate of drug-likeness (QED) is 0.765. The lowest BCUT2D eigenvalue weighted by Crippen LogP contribution is -2.02. The molecule has 0 aliphatic heterocycles. The fourth-order valence-corrected chi connectivity index (χ4v) is 3.67. The van der Waals surface area contributed by atoms with Crippen LogP contribution in [-0.2, 0) is 0 Å². The van der Waals surface area contributed by atoms with Crippen LogP contribution in [0, 0.1) is 0 Å². The summed E-state index contributed by atoms with van der Waals surface area (Å²) in [5.41, 5.74) is 1.36. The predicted octanol–water partition coefficient (Wildman–Crippen LogP) is 4.34. The third-order valence-corrected chi connectivity index (χ3v) is 5.21. The second-order valence-electron chi connectivity index (χ2n) is 5.89. The van der Waals surface area contributed by atoms with Gasteiger partial charge in [0.2, 0.25) is 0 Å². The number of rotatable bonds is 5. The lowest BCUT2D eigenvalue weighted by molar-refractivity contribution is 0.626. The van der Waals surface area contributed by atoms with Crippen molar-refractivity contribution in [3.8, 4) is 0 Å². The second kappa shape index (κ2) is 4.92. The van der Waals surface area contributed by atoms with E-state index in [9.17, 15) is 0 Å². The van der Waals surface area contributed by atoms with Crippen LogP contribution in [0.25, 0.3) is 0 Å². The Bertz CT molecular complexity index is 599. The van der Waals surface area contributed by atoms with Crippen LogP contribution in [0.1, 0.15) is 61.2 Å². The molecule has 0 N–H and O–H groups in total. The summed E-state index contributed by atoms with van der Waals surface area (Å²) in [5.74, 6) is 1.93. The van der Waals surface area contributed by atoms with Gasteiger partial charge in [-0.25, -0.2) is 0 Å². The number of hydrogen-bond acceptors (Lipinski definition) is 3. The topological polar surface area (TPSA) is 30.7 Å². The van der Waals surface area contributed by atoms with Gasteiger partial charge in [-0.05, 0) is 38.2 Å². The molecule has 20 heavy (non-hydrogen) atoms. The Hall–Kier alpha value is -1.29. The summed E-state index contributed by atoms with van der Waals surface area (Å²) in [6.07, 6.45) is 5.18. The van der Waals surface area contributed by atoms with Gasteiger partial charge in [-0.2, -0.15) is 0 Å². The van der Waals surface area contributed by atoms with Crippen molar-refractivity contribution in [2.24, 2.45) is 0 Å². The number of nitrogens with zero attached hydrogens (tertiary/aromatic N) is 3. The minimum atomic E-state index is 0.421. The van der Waals surface area contributed by atoms with Crippen LogP contribution in [0.2, 0.25) is 0 Å². The second-order valence-corrected chi connectivity index (χ2v) is 7.19. The maximum Gasteiger partial charge on any atom is 0.192 e. The van der Waals surface area contributed by atoms with Crippen molar-refractivity contribution in [2.75, 3.05) is 0 Å². The van der Waals surface area contributed by atoms with E-state index in [0.29, 0.717) is 17.2 Å². The molecule has 2 fully saturated rings. The largest absolute Gasteiger partial charge is 0.303 e. The summed E-state index contributed by atoms with van der Waals surface area (Å²) in [5, 5.41) is 10.5. The van der Waals surface area contributed by atoms with Crippen molar-refractivity contribution in [2.45, 2.75) is 55.0 Å². The van der Waals surface area contributed by atoms with Gasteiger partial charge in [0.1, 0.15) is 5.82 Å². The molecule has 4 rings (SSSR count). The Morgan fingerprint density at radius 3 is 2.50 bits per heavy atom. The first-order chi connectivity index (χ1) is 9.83. The van der Waals surface area contributed by atoms with Crippen LogP contribution in [0.4, 0.5) is 0 Å². The van der Waals surface area contributed by atoms with E-state index < -0.39 is 0 Å². The van der Waals surface area contributed by atoms with Gasteiger partial charge in [0.05, 0.1) is 0 Å². The van der Waals surface area contributed by atoms with Gasteiger partial charge >= 0.3 is 0 Å². The van der Waals surface area contributed by atoms with E-state index in [4.69, 9.17) is 0 Å². The van der Waals surface area contributed by atoms with Crippen LogP contribution >= 0.6 is 11.8 Å². The van der Waals surface area contributed by atoms with Gasteiger partial charge in [-0.3, -0.25) is 0 Å². The highest BCUT2D eigenvalue weighted by Gasteiger charge is 2.36. The first kappa shape index (κ1) is 12.5. The van der Waals surface area contributed by atoms with E-state index in [1.807, 2.05) is 11.8 Å². The normalized spacial score (nSPS) is 20.1. The standard InChI is InChI=1S/C16H19N3S/c1-11(12-5-3-2-4-6-12)20-16-18-17-15(13-7-8-13)19(16)14-9-10-14/h2-6,11,13-14H,7-10H2,1H3. The zero-order valence-electron chi connectivity index (χ0n) is 11.7. The molecule has 0 spiro atoms. The molecule has 1 unspecified atom stereocenters. The molecule has 2 aliphatic rings. The van der Waals surface area contributed by atoms with E-state index in [1.165, 1.54) is 37.1 Å². The van der Waals surface area contributed by atoms with Gasteiger partial charge in [-0.1, -0.05) is 42.1 Å². The Labute approximate surface area is 123 Å². The van der Waals surface area contributed by atoms with Gasteiger partial charge in [-0.15, -0.1) is 10.2 Å². The van der Waals surface area contributed by atoms with E-state index >= 15 is 0 Å². The summed E-state index contributed by atoms with van der Waals surface area (Å²) >= 11 is 1.85. The minimum Gasteiger partial charge on any atom is -0.303 e. The zero-order valence-corrected chi connectivity index (χ0v) is 12.5. The monoisotopic (exact) mass is 285 g/mol. The highest BCUT2D eigenvalue weighted by Crippen LogP contribution is 2.47. The molecular weight excluding hydrogens is 266 g/mol. The van der Waals surface area contributed by atoms with Crippen LogP contribution in [-0.4, -0.2) is 14.8 Å². The fraction of sp³-hybridized carbons (Fsp3) is 0.500. The van der Waals surface area contributed by atoms with E-state index in [-0.39, 0.29) is 0 Å². The van der Waals surface area contributed by atoms with Crippen LogP contribution in [0.3, 0.4) is 0 Å². The summed E-state index contributed by atoms with van der Waals surface area (Å²) in [4.78, 5) is 0. The van der Waals surface area contributed by atoms with Gasteiger partial charge in [0.25, 0.3) is 0 Å². The van der Waals surface area contributed by atoms with E-state index in [0.717, 1.165) is 5.16 Å². The highest BCUT2D eigenvalue weighted by atomic mass is 32.2. The molecule has 2 aliphatic carbocycles. The Balaban J connectivity index is 1.59. The van der Waals surface area contributed by atoms with Crippen LogP contribution < -0.4 is 0 Å². The van der Waals surface area contributed by atoms with Crippen molar-refractivity contribution in [1.29, 1.82) is 0 Å². The molecule has 104 valence electrons. The average molecular weight is 285 g/mol. The molecule has 0 radical (unpaired) electrons. The number of hydrogen-bond donors (Lipinski definition) is 0. The van der Waals surface area contributed by atoms with Crippen molar-refractivity contribution >= 4 is 11.8 Å². The molecule has 2 aromatic rings. The molecule has 0 amide bonds. The van der Waals surface area contributed by atoms with Crippen molar-refractivity contribution in [1.82, 2.24) is 14.8 Å². The molecule has 3 nitrogen and oxygen atoms in total. The van der Waals surface area contributed by atoms with Crippen LogP contribution in [0.15, 0.2) is 35.5 Å². The molecule has 4 heteroatoms. The minimum absolute atomic E-state index is 0.421. The van der Waals surface area contributed by atoms with Crippen molar-refractivity contribution < 1.29 is 0 Å². The molecule has 1 heterocycles. The molecule has 2 saturated carbocycles. The van der Waals surface area contributed by atoms with Crippen molar-refractivity contribution in [3.05, 3.63) is 41.7 Å². The van der Waals surface area contributed by atoms with E-state index in [1.54, 1.807) is 0 Å². The zero-order chi connectivity index (χ0) is 13.5. The SMILES string of the molecule is CC(Sc1nnc(C2CC2)n1C1CC1)c1ccccc1. The first-order valence-electron chi connectivity index (χ1n) is 7.49. The lowest BCUT2D eigenvalue weighted by atomic mass is 10.2. The fourth-order valence-electron chi connectivity index (χ4n) is 2.61. The number of aromatic nitrogens is 3. The number of benzene rings is 1. The van der Waals surface area contributed by atoms with Gasteiger partial charge in [0, 0.05) is 17.2 Å². The van der Waals surface area contributed by atoms with E-state index in [2.05, 4.69) is 52.0 Å². The Morgan fingerprint density at radius 1 is 1.10 bits per heavy atom. The summed E-state index contributed by atoms with van der Waals surface area (Å²) < 4.78 is 2.43. The lowest BCUT2D eigenvalue weighted by Gasteiger charge is -2.13. The predicted molar refractivity (Wildman–Crippen MR) is 81.0 cm³/mol. The molecule has 1 atom stereocenters. The highest BCUT2D eigenvalue weighted by molar-refractivity contribution is 7.99. The van der Waals surface area contributed by atoms with Gasteiger partial charge in [0.15, 0.2) is 5.16 Å². The van der Waals surface area contributed by atoms with Crippen molar-refractivity contribution in [3.63, 3.8) is 0 Å². The molecule has 0 bridgehead atoms. The Morgan fingerprint density at radius 2 is 1.85 bits per heavy atom. The average Bonchev–Trinajstić information content (AvgIpc) is 3.39. The molecule has 0 saturated heterocycles. The first-order valence-corrected chi connectivity index (χ1v) is 8.37. The summed E-state index contributed by atoms with van der Waals surface area (Å²) in [6, 6.07) is 11.3. The van der Waals surface area contributed by atoms with Crippen LogP contribution in [0.5, 0.6) is 0 Å². The van der Waals surface area contributed by atoms with Gasteiger partial charge < -0.3 is 4.57 Å². The molecular formula is C16H19N3S. The number of thioether (sulfide) groups is 1. The molecule has 1 aromatic heterocycles. The summed E-state index contributed by atoms with van der Waals surface area (Å²) in [7, 11) is 0. The molecule has 1 aromatic carbocycles. The maximum absolute atomic E-state index is 4.48. The Kier molecular flexibility index (Phi) is 3.06. The third-order valence-electron chi connectivity index (χ3n) is 4.10.